The van der Waals surface area contributed by atoms with Crippen LogP contribution in [0.4, 0.5) is 0 Å². The van der Waals surface area contributed by atoms with Gasteiger partial charge in [-0.25, -0.2) is 9.97 Å². The Hall–Kier alpha value is -2.76. The van der Waals surface area contributed by atoms with Crippen LogP contribution < -0.4 is 14.2 Å². The van der Waals surface area contributed by atoms with Gasteiger partial charge in [0.05, 0.1) is 12.6 Å². The number of aryl methyl sites for hydroxylation is 1. The van der Waals surface area contributed by atoms with Crippen LogP contribution in [0.3, 0.4) is 0 Å². The number of aromatic amines is 1. The fourth-order valence-electron chi connectivity index (χ4n) is 2.49. The zero-order valence-corrected chi connectivity index (χ0v) is 11.6. The molecule has 0 fully saturated rings. The standard InChI is InChI=1S/C15H13N3O3/c1-8-17-11-3-9(6-16-15(11)18-8)10-4-13-14(21-7-20-13)5-12(10)19-2/h3-6H,7H2,1-2H3,(H,16,17,18). The van der Waals surface area contributed by atoms with Crippen molar-refractivity contribution in [1.29, 1.82) is 0 Å². The van der Waals surface area contributed by atoms with Gasteiger partial charge in [-0.15, -0.1) is 0 Å². The van der Waals surface area contributed by atoms with Gasteiger partial charge in [-0.3, -0.25) is 0 Å². The highest BCUT2D eigenvalue weighted by Gasteiger charge is 2.19. The number of imidazole rings is 1. The summed E-state index contributed by atoms with van der Waals surface area (Å²) in [5.41, 5.74) is 3.44. The van der Waals surface area contributed by atoms with Crippen LogP contribution in [0.1, 0.15) is 5.82 Å². The summed E-state index contributed by atoms with van der Waals surface area (Å²) in [6.45, 7) is 2.14. The van der Waals surface area contributed by atoms with Crippen LogP contribution in [0.25, 0.3) is 22.3 Å². The van der Waals surface area contributed by atoms with Gasteiger partial charge >= 0.3 is 0 Å². The zero-order valence-electron chi connectivity index (χ0n) is 11.6. The van der Waals surface area contributed by atoms with E-state index in [-0.39, 0.29) is 6.79 Å². The van der Waals surface area contributed by atoms with E-state index < -0.39 is 0 Å². The summed E-state index contributed by atoms with van der Waals surface area (Å²) in [5.74, 6) is 2.97. The molecule has 2 aromatic heterocycles. The van der Waals surface area contributed by atoms with E-state index in [4.69, 9.17) is 14.2 Å². The molecule has 0 aliphatic carbocycles. The van der Waals surface area contributed by atoms with Gasteiger partial charge in [-0.2, -0.15) is 0 Å². The Balaban J connectivity index is 1.90. The molecule has 1 N–H and O–H groups in total. The third kappa shape index (κ3) is 1.87. The number of methoxy groups -OCH3 is 1. The van der Waals surface area contributed by atoms with Crippen molar-refractivity contribution in [1.82, 2.24) is 15.0 Å². The van der Waals surface area contributed by atoms with E-state index in [1.807, 2.05) is 25.1 Å². The van der Waals surface area contributed by atoms with Gasteiger partial charge < -0.3 is 19.2 Å². The predicted molar refractivity (Wildman–Crippen MR) is 76.7 cm³/mol. The lowest BCUT2D eigenvalue weighted by molar-refractivity contribution is 0.174. The number of nitrogens with zero attached hydrogens (tertiary/aromatic N) is 2. The Labute approximate surface area is 120 Å². The molecule has 0 bridgehead atoms. The van der Waals surface area contributed by atoms with Gasteiger partial charge in [-0.05, 0) is 19.1 Å². The Kier molecular flexibility index (Phi) is 2.50. The van der Waals surface area contributed by atoms with Crippen molar-refractivity contribution >= 4 is 11.2 Å². The second-order valence-corrected chi connectivity index (χ2v) is 4.82. The van der Waals surface area contributed by atoms with Crippen molar-refractivity contribution < 1.29 is 14.2 Å². The van der Waals surface area contributed by atoms with Crippen molar-refractivity contribution in [2.45, 2.75) is 6.92 Å². The molecule has 6 nitrogen and oxygen atoms in total. The molecule has 6 heteroatoms. The number of ether oxygens (including phenoxy) is 3. The number of nitrogens with one attached hydrogen (secondary N) is 1. The minimum Gasteiger partial charge on any atom is -0.496 e. The quantitative estimate of drug-likeness (QED) is 0.783. The van der Waals surface area contributed by atoms with Crippen LogP contribution in [0.15, 0.2) is 24.4 Å². The number of pyridine rings is 1. The molecule has 0 unspecified atom stereocenters. The molecule has 0 amide bonds. The van der Waals surface area contributed by atoms with Gasteiger partial charge in [-0.1, -0.05) is 0 Å². The van der Waals surface area contributed by atoms with Crippen molar-refractivity contribution in [3.8, 4) is 28.4 Å². The van der Waals surface area contributed by atoms with E-state index in [0.29, 0.717) is 17.1 Å². The van der Waals surface area contributed by atoms with Gasteiger partial charge in [0.1, 0.15) is 11.6 Å². The number of rotatable bonds is 2. The van der Waals surface area contributed by atoms with Crippen LogP contribution >= 0.6 is 0 Å². The van der Waals surface area contributed by atoms with Crippen LogP contribution in [-0.2, 0) is 0 Å². The van der Waals surface area contributed by atoms with E-state index in [1.165, 1.54) is 0 Å². The third-order valence-corrected chi connectivity index (χ3v) is 3.46. The molecule has 0 saturated heterocycles. The average molecular weight is 283 g/mol. The lowest BCUT2D eigenvalue weighted by atomic mass is 10.1. The summed E-state index contributed by atoms with van der Waals surface area (Å²) in [6, 6.07) is 5.75. The first kappa shape index (κ1) is 12.0. The van der Waals surface area contributed by atoms with Crippen molar-refractivity contribution in [2.75, 3.05) is 13.9 Å². The third-order valence-electron chi connectivity index (χ3n) is 3.46. The van der Waals surface area contributed by atoms with Crippen LogP contribution in [0.5, 0.6) is 17.2 Å². The molecular weight excluding hydrogens is 270 g/mol. The summed E-state index contributed by atoms with van der Waals surface area (Å²) in [4.78, 5) is 11.9. The van der Waals surface area contributed by atoms with E-state index in [0.717, 1.165) is 28.2 Å². The number of benzene rings is 1. The highest BCUT2D eigenvalue weighted by molar-refractivity contribution is 5.81. The molecule has 0 radical (unpaired) electrons. The zero-order chi connectivity index (χ0) is 14.4. The molecule has 1 aliphatic heterocycles. The minimum atomic E-state index is 0.235. The maximum atomic E-state index is 5.45. The lowest BCUT2D eigenvalue weighted by Gasteiger charge is -2.09. The van der Waals surface area contributed by atoms with Gasteiger partial charge in [0.25, 0.3) is 0 Å². The Morgan fingerprint density at radius 2 is 2.00 bits per heavy atom. The average Bonchev–Trinajstić information content (AvgIpc) is 3.08. The number of hydrogen-bond acceptors (Lipinski definition) is 5. The number of hydrogen-bond donors (Lipinski definition) is 1. The summed E-state index contributed by atoms with van der Waals surface area (Å²) in [6.07, 6.45) is 1.78. The first-order chi connectivity index (χ1) is 10.2. The maximum absolute atomic E-state index is 5.45. The molecule has 106 valence electrons. The van der Waals surface area contributed by atoms with Crippen LogP contribution in [-0.4, -0.2) is 28.9 Å². The van der Waals surface area contributed by atoms with Crippen molar-refractivity contribution in [3.05, 3.63) is 30.2 Å². The minimum absolute atomic E-state index is 0.235. The second-order valence-electron chi connectivity index (χ2n) is 4.82. The normalized spacial score (nSPS) is 12.9. The topological polar surface area (TPSA) is 69.3 Å². The molecule has 0 spiro atoms. The molecule has 3 heterocycles. The first-order valence-electron chi connectivity index (χ1n) is 6.55. The number of fused-ring (bicyclic) bond motifs is 2. The highest BCUT2D eigenvalue weighted by Crippen LogP contribution is 2.42. The van der Waals surface area contributed by atoms with E-state index in [9.17, 15) is 0 Å². The molecule has 0 atom stereocenters. The molecular formula is C15H13N3O3. The van der Waals surface area contributed by atoms with Gasteiger partial charge in [0.2, 0.25) is 6.79 Å². The molecule has 1 aliphatic rings. The largest absolute Gasteiger partial charge is 0.496 e. The molecule has 3 aromatic rings. The van der Waals surface area contributed by atoms with Gasteiger partial charge in [0.15, 0.2) is 17.1 Å². The summed E-state index contributed by atoms with van der Waals surface area (Å²) < 4.78 is 16.3. The Morgan fingerprint density at radius 3 is 2.81 bits per heavy atom. The summed E-state index contributed by atoms with van der Waals surface area (Å²) >= 11 is 0. The van der Waals surface area contributed by atoms with Crippen molar-refractivity contribution in [2.24, 2.45) is 0 Å². The second kappa shape index (κ2) is 4.37. The van der Waals surface area contributed by atoms with E-state index in [1.54, 1.807) is 13.3 Å². The number of H-pyrrole nitrogens is 1. The smallest absolute Gasteiger partial charge is 0.231 e. The maximum Gasteiger partial charge on any atom is 0.231 e. The monoisotopic (exact) mass is 283 g/mol. The predicted octanol–water partition coefficient (Wildman–Crippen LogP) is 2.67. The molecule has 0 saturated carbocycles. The van der Waals surface area contributed by atoms with E-state index in [2.05, 4.69) is 15.0 Å². The first-order valence-corrected chi connectivity index (χ1v) is 6.55. The van der Waals surface area contributed by atoms with Crippen LogP contribution in [0.2, 0.25) is 0 Å². The Morgan fingerprint density at radius 1 is 1.19 bits per heavy atom. The molecule has 21 heavy (non-hydrogen) atoms. The Bertz CT molecular complexity index is 842. The number of aromatic nitrogens is 3. The fourth-order valence-corrected chi connectivity index (χ4v) is 2.49. The van der Waals surface area contributed by atoms with Crippen LogP contribution in [0, 0.1) is 6.92 Å². The lowest BCUT2D eigenvalue weighted by Crippen LogP contribution is -1.92. The SMILES string of the molecule is COc1cc2c(cc1-c1cnc3nc(C)[nH]c3c1)OCO2. The van der Waals surface area contributed by atoms with Crippen molar-refractivity contribution in [3.63, 3.8) is 0 Å². The fraction of sp³-hybridized carbons (Fsp3) is 0.200. The van der Waals surface area contributed by atoms with E-state index >= 15 is 0 Å². The molecule has 4 rings (SSSR count). The highest BCUT2D eigenvalue weighted by atomic mass is 16.7. The summed E-state index contributed by atoms with van der Waals surface area (Å²) in [5, 5.41) is 0. The summed E-state index contributed by atoms with van der Waals surface area (Å²) in [7, 11) is 1.63. The van der Waals surface area contributed by atoms with Gasteiger partial charge in [0, 0.05) is 23.4 Å². The molecule has 1 aromatic carbocycles.